The van der Waals surface area contributed by atoms with Gasteiger partial charge in [-0.3, -0.25) is 4.79 Å². The van der Waals surface area contributed by atoms with E-state index in [0.29, 0.717) is 0 Å². The standard InChI is InChI=1S/C13H15NO2/c15-11(16)13(10-4-2-1-3-5-10)6-12(7-13)8-14-9-12/h1-5,14H,6-9H2,(H,15,16). The molecule has 2 fully saturated rings. The maximum absolute atomic E-state index is 11.5. The Bertz CT molecular complexity index is 415. The SMILES string of the molecule is O=C(O)C1(c2ccccc2)CC2(CNC2)C1. The molecule has 1 saturated carbocycles. The molecule has 3 rings (SSSR count). The highest BCUT2D eigenvalue weighted by Crippen LogP contribution is 2.57. The highest BCUT2D eigenvalue weighted by atomic mass is 16.4. The maximum Gasteiger partial charge on any atom is 0.314 e. The summed E-state index contributed by atoms with van der Waals surface area (Å²) in [5.74, 6) is -0.670. The molecule has 1 aliphatic heterocycles. The van der Waals surface area contributed by atoms with Crippen molar-refractivity contribution in [2.45, 2.75) is 18.3 Å². The van der Waals surface area contributed by atoms with Gasteiger partial charge in [0.25, 0.3) is 0 Å². The van der Waals surface area contributed by atoms with Crippen LogP contribution in [0.5, 0.6) is 0 Å². The van der Waals surface area contributed by atoms with Crippen molar-refractivity contribution in [3.05, 3.63) is 35.9 Å². The molecule has 2 N–H and O–H groups in total. The van der Waals surface area contributed by atoms with Gasteiger partial charge in [-0.05, 0) is 23.8 Å². The lowest BCUT2D eigenvalue weighted by Gasteiger charge is -2.59. The van der Waals surface area contributed by atoms with E-state index >= 15 is 0 Å². The first-order chi connectivity index (χ1) is 7.67. The third-order valence-electron chi connectivity index (χ3n) is 4.09. The Balaban J connectivity index is 1.92. The molecule has 1 heterocycles. The van der Waals surface area contributed by atoms with Gasteiger partial charge >= 0.3 is 5.97 Å². The molecule has 2 aliphatic rings. The van der Waals surface area contributed by atoms with Crippen LogP contribution >= 0.6 is 0 Å². The summed E-state index contributed by atoms with van der Waals surface area (Å²) in [5, 5.41) is 12.7. The Morgan fingerprint density at radius 1 is 1.19 bits per heavy atom. The zero-order valence-electron chi connectivity index (χ0n) is 9.07. The topological polar surface area (TPSA) is 49.3 Å². The molecule has 0 bridgehead atoms. The first-order valence-corrected chi connectivity index (χ1v) is 5.67. The van der Waals surface area contributed by atoms with Crippen LogP contribution in [0.15, 0.2) is 30.3 Å². The monoisotopic (exact) mass is 217 g/mol. The summed E-state index contributed by atoms with van der Waals surface area (Å²) in [7, 11) is 0. The summed E-state index contributed by atoms with van der Waals surface area (Å²) in [4.78, 5) is 11.5. The molecule has 1 aliphatic carbocycles. The third kappa shape index (κ3) is 1.15. The van der Waals surface area contributed by atoms with Gasteiger partial charge in [0.15, 0.2) is 0 Å². The maximum atomic E-state index is 11.5. The van der Waals surface area contributed by atoms with Crippen molar-refractivity contribution in [1.82, 2.24) is 5.32 Å². The van der Waals surface area contributed by atoms with Crippen LogP contribution in [0.25, 0.3) is 0 Å². The summed E-state index contributed by atoms with van der Waals surface area (Å²) in [6.07, 6.45) is 1.57. The average molecular weight is 217 g/mol. The lowest BCUT2D eigenvalue weighted by molar-refractivity contribution is -0.157. The third-order valence-corrected chi connectivity index (χ3v) is 4.09. The summed E-state index contributed by atoms with van der Waals surface area (Å²) in [5.41, 5.74) is 0.609. The van der Waals surface area contributed by atoms with Gasteiger partial charge in [-0.25, -0.2) is 0 Å². The minimum atomic E-state index is -0.670. The van der Waals surface area contributed by atoms with E-state index in [0.717, 1.165) is 31.5 Å². The summed E-state index contributed by atoms with van der Waals surface area (Å²) in [6, 6.07) is 9.65. The van der Waals surface area contributed by atoms with Crippen molar-refractivity contribution >= 4 is 5.97 Å². The molecule has 0 radical (unpaired) electrons. The van der Waals surface area contributed by atoms with Gasteiger partial charge in [0.2, 0.25) is 0 Å². The number of carboxylic acids is 1. The second-order valence-corrected chi connectivity index (χ2v) is 5.21. The number of aliphatic carboxylic acids is 1. The minimum Gasteiger partial charge on any atom is -0.481 e. The van der Waals surface area contributed by atoms with Gasteiger partial charge in [-0.1, -0.05) is 30.3 Å². The fraction of sp³-hybridized carbons (Fsp3) is 0.462. The molecular formula is C13H15NO2. The van der Waals surface area contributed by atoms with Gasteiger partial charge in [0.1, 0.15) is 0 Å². The molecule has 1 saturated heterocycles. The van der Waals surface area contributed by atoms with Crippen LogP contribution in [0.2, 0.25) is 0 Å². The largest absolute Gasteiger partial charge is 0.481 e. The molecular weight excluding hydrogens is 202 g/mol. The minimum absolute atomic E-state index is 0.272. The van der Waals surface area contributed by atoms with E-state index in [1.54, 1.807) is 0 Å². The van der Waals surface area contributed by atoms with Crippen molar-refractivity contribution in [3.63, 3.8) is 0 Å². The Labute approximate surface area is 94.5 Å². The first kappa shape index (κ1) is 9.85. The predicted molar refractivity (Wildman–Crippen MR) is 60.3 cm³/mol. The molecule has 0 atom stereocenters. The predicted octanol–water partition coefficient (Wildman–Crippen LogP) is 1.39. The zero-order chi connectivity index (χ0) is 11.2. The van der Waals surface area contributed by atoms with Crippen LogP contribution in [0.3, 0.4) is 0 Å². The number of carbonyl (C=O) groups is 1. The molecule has 3 heteroatoms. The Hall–Kier alpha value is -1.35. The fourth-order valence-electron chi connectivity index (χ4n) is 3.19. The van der Waals surface area contributed by atoms with Crippen LogP contribution < -0.4 is 5.32 Å². The quantitative estimate of drug-likeness (QED) is 0.787. The van der Waals surface area contributed by atoms with Crippen LogP contribution in [0.4, 0.5) is 0 Å². The van der Waals surface area contributed by atoms with Crippen molar-refractivity contribution in [3.8, 4) is 0 Å². The lowest BCUT2D eigenvalue weighted by atomic mass is 9.48. The van der Waals surface area contributed by atoms with Crippen LogP contribution in [0.1, 0.15) is 18.4 Å². The second kappa shape index (κ2) is 3.08. The highest BCUT2D eigenvalue weighted by molar-refractivity contribution is 5.83. The van der Waals surface area contributed by atoms with Crippen molar-refractivity contribution in [1.29, 1.82) is 0 Å². The number of hydrogen-bond acceptors (Lipinski definition) is 2. The van der Waals surface area contributed by atoms with E-state index < -0.39 is 11.4 Å². The molecule has 1 spiro atoms. The van der Waals surface area contributed by atoms with E-state index in [4.69, 9.17) is 0 Å². The number of carboxylic acid groups (broad SMARTS) is 1. The van der Waals surface area contributed by atoms with E-state index in [-0.39, 0.29) is 5.41 Å². The Kier molecular flexibility index (Phi) is 1.89. The normalized spacial score (nSPS) is 24.5. The van der Waals surface area contributed by atoms with Crippen LogP contribution in [0, 0.1) is 5.41 Å². The zero-order valence-corrected chi connectivity index (χ0v) is 9.07. The second-order valence-electron chi connectivity index (χ2n) is 5.21. The summed E-state index contributed by atoms with van der Waals surface area (Å²) >= 11 is 0. The van der Waals surface area contributed by atoms with Crippen molar-refractivity contribution in [2.24, 2.45) is 5.41 Å². The molecule has 1 aromatic carbocycles. The van der Waals surface area contributed by atoms with Crippen molar-refractivity contribution < 1.29 is 9.90 Å². The molecule has 84 valence electrons. The molecule has 0 amide bonds. The van der Waals surface area contributed by atoms with E-state index in [9.17, 15) is 9.90 Å². The molecule has 0 unspecified atom stereocenters. The number of rotatable bonds is 2. The van der Waals surface area contributed by atoms with Gasteiger partial charge in [0.05, 0.1) is 5.41 Å². The Morgan fingerprint density at radius 3 is 2.25 bits per heavy atom. The van der Waals surface area contributed by atoms with Gasteiger partial charge in [-0.15, -0.1) is 0 Å². The van der Waals surface area contributed by atoms with Gasteiger partial charge < -0.3 is 10.4 Å². The Morgan fingerprint density at radius 2 is 1.81 bits per heavy atom. The summed E-state index contributed by atoms with van der Waals surface area (Å²) in [6.45, 7) is 1.96. The molecule has 0 aromatic heterocycles. The highest BCUT2D eigenvalue weighted by Gasteiger charge is 2.61. The number of benzene rings is 1. The van der Waals surface area contributed by atoms with E-state index in [1.165, 1.54) is 0 Å². The number of hydrogen-bond donors (Lipinski definition) is 2. The average Bonchev–Trinajstić information content (AvgIpc) is 2.15. The number of nitrogens with one attached hydrogen (secondary N) is 1. The van der Waals surface area contributed by atoms with Gasteiger partial charge in [0, 0.05) is 13.1 Å². The van der Waals surface area contributed by atoms with Crippen LogP contribution in [-0.2, 0) is 10.2 Å². The van der Waals surface area contributed by atoms with E-state index in [2.05, 4.69) is 5.32 Å². The molecule has 1 aromatic rings. The van der Waals surface area contributed by atoms with E-state index in [1.807, 2.05) is 30.3 Å². The van der Waals surface area contributed by atoms with Crippen LogP contribution in [-0.4, -0.2) is 24.2 Å². The summed E-state index contributed by atoms with van der Waals surface area (Å²) < 4.78 is 0. The molecule has 16 heavy (non-hydrogen) atoms. The smallest absolute Gasteiger partial charge is 0.314 e. The molecule has 3 nitrogen and oxygen atoms in total. The van der Waals surface area contributed by atoms with Crippen molar-refractivity contribution in [2.75, 3.05) is 13.1 Å². The lowest BCUT2D eigenvalue weighted by Crippen LogP contribution is -2.67. The fourth-order valence-corrected chi connectivity index (χ4v) is 3.19. The first-order valence-electron chi connectivity index (χ1n) is 5.67. The van der Waals surface area contributed by atoms with Gasteiger partial charge in [-0.2, -0.15) is 0 Å².